The van der Waals surface area contributed by atoms with Gasteiger partial charge in [0.2, 0.25) is 53.2 Å². The summed E-state index contributed by atoms with van der Waals surface area (Å²) in [6.45, 7) is 6.20. The Hall–Kier alpha value is -8.05. The first kappa shape index (κ1) is 70.2. The third-order valence-electron chi connectivity index (χ3n) is 12.7. The lowest BCUT2D eigenvalue weighted by molar-refractivity contribution is -0.142. The van der Waals surface area contributed by atoms with Gasteiger partial charge >= 0.3 is 17.9 Å². The number of carboxylic acid groups (broad SMARTS) is 3. The number of H-pyrrole nitrogens is 1. The second-order valence-corrected chi connectivity index (χ2v) is 22.4. The van der Waals surface area contributed by atoms with Gasteiger partial charge in [0.25, 0.3) is 0 Å². The van der Waals surface area contributed by atoms with Crippen LogP contribution in [0.5, 0.6) is 0 Å². The highest BCUT2D eigenvalue weighted by Crippen LogP contribution is 2.13. The molecule has 9 amide bonds. The number of imidazole rings is 1. The van der Waals surface area contributed by atoms with E-state index in [1.165, 1.54) is 36.0 Å². The first-order valence-electron chi connectivity index (χ1n) is 27.0. The number of carboxylic acids is 3. The van der Waals surface area contributed by atoms with Crippen molar-refractivity contribution in [1.29, 1.82) is 0 Å². The summed E-state index contributed by atoms with van der Waals surface area (Å²) in [5, 5.41) is 51.5. The van der Waals surface area contributed by atoms with E-state index in [0.29, 0.717) is 22.6 Å². The second kappa shape index (κ2) is 36.5. The van der Waals surface area contributed by atoms with E-state index in [2.05, 4.69) is 57.8 Å². The number of amides is 9. The number of aromatic nitrogens is 2. The van der Waals surface area contributed by atoms with Crippen molar-refractivity contribution < 1.29 is 72.9 Å². The number of nitrogens with one attached hydrogen (secondary N) is 10. The number of thioether (sulfide) groups is 2. The van der Waals surface area contributed by atoms with Gasteiger partial charge in [-0.3, -0.25) is 52.7 Å². The van der Waals surface area contributed by atoms with Crippen molar-refractivity contribution in [2.45, 2.75) is 133 Å². The van der Waals surface area contributed by atoms with Crippen LogP contribution < -0.4 is 53.6 Å². The second-order valence-electron chi connectivity index (χ2n) is 20.4. The minimum absolute atomic E-state index is 0.00823. The molecule has 0 aliphatic heterocycles. The summed E-state index contributed by atoms with van der Waals surface area (Å²) in [5.74, 6) is -12.3. The maximum absolute atomic E-state index is 14.6. The molecule has 1 heterocycles. The summed E-state index contributed by atoms with van der Waals surface area (Å²) >= 11 is 2.72. The number of nitrogens with zero attached hydrogens (tertiary/aromatic N) is 1. The third-order valence-corrected chi connectivity index (χ3v) is 14.0. The van der Waals surface area contributed by atoms with Crippen molar-refractivity contribution in [3.8, 4) is 0 Å². The van der Waals surface area contributed by atoms with E-state index in [9.17, 15) is 67.7 Å². The SMILES string of the molecule is CSCC[C@H](NC(=O)[C@H](CC(C)C)NC(=O)CNC(=O)[C@@H](NC(=O)[C@H](Cc1ccccc1)NC(=O)[C@H](Cc1ccccc1)NC(=O)[C@H](CC(=O)O)NC(=O)[C@H](Cc1c[nH]cn1)NC(=O)[C@H](CCSC)NC(=O)[C@@H](N)CC(=O)O)C(C)C)C(=O)O. The number of rotatable bonds is 38. The standard InChI is InChI=1S/C55H78N12O15S2/c1-30(2)21-38(49(75)62-37(55(81)82)18-20-84-6)60-43(68)28-58-54(80)46(31(3)4)67-53(79)40(23-33-15-11-8-12-16-33)64-50(76)39(22-32-13-9-7-10-14-32)63-52(78)42(26-45(71)72)66-51(77)41(24-34-27-57-29-59-34)65-48(74)36(17-19-83-5)61-47(73)35(56)25-44(69)70/h7-16,27,29-31,35-42,46H,17-26,28,56H2,1-6H3,(H,57,59)(H,58,80)(H,60,68)(H,61,73)(H,62,75)(H,63,78)(H,64,76)(H,65,74)(H,66,77)(H,67,79)(H,69,70)(H,71,72)(H,81,82)/t35-,36-,37-,38-,39-,40-,41-,42-,46-/m0/s1. The molecule has 0 saturated heterocycles. The minimum atomic E-state index is -1.91. The molecule has 9 atom stereocenters. The first-order valence-corrected chi connectivity index (χ1v) is 29.8. The highest BCUT2D eigenvalue weighted by molar-refractivity contribution is 7.98. The molecule has 0 spiro atoms. The fourth-order valence-electron chi connectivity index (χ4n) is 8.26. The first-order chi connectivity index (χ1) is 39.8. The van der Waals surface area contributed by atoms with Crippen molar-refractivity contribution in [3.63, 3.8) is 0 Å². The molecule has 27 nitrogen and oxygen atoms in total. The highest BCUT2D eigenvalue weighted by Gasteiger charge is 2.36. The Bertz CT molecular complexity index is 2690. The zero-order valence-corrected chi connectivity index (χ0v) is 49.3. The molecule has 1 aromatic heterocycles. The van der Waals surface area contributed by atoms with Crippen molar-refractivity contribution in [2.75, 3.05) is 30.6 Å². The number of nitrogens with two attached hydrogens (primary N) is 1. The Balaban J connectivity index is 1.92. The van der Waals surface area contributed by atoms with Crippen LogP contribution in [0.3, 0.4) is 0 Å². The molecule has 0 unspecified atom stereocenters. The fourth-order valence-corrected chi connectivity index (χ4v) is 9.20. The molecular weight excluding hydrogens is 1130 g/mol. The van der Waals surface area contributed by atoms with E-state index in [0.717, 1.165) is 0 Å². The smallest absolute Gasteiger partial charge is 0.326 e. The average Bonchev–Trinajstić information content (AvgIpc) is 4.00. The number of carbonyl (C=O) groups excluding carboxylic acids is 9. The van der Waals surface area contributed by atoms with Crippen LogP contribution >= 0.6 is 23.5 Å². The van der Waals surface area contributed by atoms with Crippen LogP contribution in [0.4, 0.5) is 0 Å². The molecule has 0 saturated carbocycles. The van der Waals surface area contributed by atoms with Crippen LogP contribution in [0.2, 0.25) is 0 Å². The van der Waals surface area contributed by atoms with E-state index in [4.69, 9.17) is 10.8 Å². The quantitative estimate of drug-likeness (QED) is 0.0327. The molecule has 0 fully saturated rings. The van der Waals surface area contributed by atoms with Crippen molar-refractivity contribution in [3.05, 3.63) is 90.0 Å². The molecule has 3 aromatic rings. The number of aromatic amines is 1. The Morgan fingerprint density at radius 3 is 1.43 bits per heavy atom. The Morgan fingerprint density at radius 1 is 0.524 bits per heavy atom. The zero-order chi connectivity index (χ0) is 62.5. The predicted molar refractivity (Wildman–Crippen MR) is 311 cm³/mol. The van der Waals surface area contributed by atoms with Gasteiger partial charge in [-0.25, -0.2) is 9.78 Å². The minimum Gasteiger partial charge on any atom is -0.481 e. The summed E-state index contributed by atoms with van der Waals surface area (Å²) in [4.78, 5) is 167. The summed E-state index contributed by atoms with van der Waals surface area (Å²) < 4.78 is 0. The van der Waals surface area contributed by atoms with Gasteiger partial charge in [-0.15, -0.1) is 0 Å². The van der Waals surface area contributed by atoms with E-state index in [1.54, 1.807) is 101 Å². The molecule has 0 bridgehead atoms. The number of hydrogen-bond acceptors (Lipinski definition) is 16. The monoisotopic (exact) mass is 1210 g/mol. The molecular formula is C55H78N12O15S2. The van der Waals surface area contributed by atoms with Gasteiger partial charge in [0.05, 0.1) is 37.4 Å². The molecule has 15 N–H and O–H groups in total. The number of aliphatic carboxylic acids is 3. The summed E-state index contributed by atoms with van der Waals surface area (Å²) in [6, 6.07) is 3.75. The third kappa shape index (κ3) is 25.6. The van der Waals surface area contributed by atoms with Crippen molar-refractivity contribution in [1.82, 2.24) is 57.8 Å². The highest BCUT2D eigenvalue weighted by atomic mass is 32.2. The Kier molecular flexibility index (Phi) is 30.5. The van der Waals surface area contributed by atoms with Gasteiger partial charge in [-0.05, 0) is 66.2 Å². The van der Waals surface area contributed by atoms with Crippen LogP contribution in [0, 0.1) is 11.8 Å². The molecule has 3 rings (SSSR count). The topological polar surface area (TPSA) is 428 Å². The van der Waals surface area contributed by atoms with E-state index >= 15 is 0 Å². The van der Waals surface area contributed by atoms with Gasteiger partial charge in [0, 0.05) is 25.5 Å². The lowest BCUT2D eigenvalue weighted by atomic mass is 10.00. The van der Waals surface area contributed by atoms with Crippen molar-refractivity contribution in [2.24, 2.45) is 17.6 Å². The number of benzene rings is 2. The fraction of sp³-hybridized carbons (Fsp3) is 0.509. The van der Waals surface area contributed by atoms with Gasteiger partial charge in [-0.2, -0.15) is 23.5 Å². The van der Waals surface area contributed by atoms with Crippen molar-refractivity contribution >= 4 is 94.6 Å². The average molecular weight is 1210 g/mol. The Labute approximate surface area is 494 Å². The normalized spacial score (nSPS) is 14.3. The predicted octanol–water partition coefficient (Wildman–Crippen LogP) is -0.998. The van der Waals surface area contributed by atoms with Gasteiger partial charge < -0.3 is 73.9 Å². The largest absolute Gasteiger partial charge is 0.481 e. The lowest BCUT2D eigenvalue weighted by Gasteiger charge is -2.28. The maximum Gasteiger partial charge on any atom is 0.326 e. The Morgan fingerprint density at radius 2 is 0.964 bits per heavy atom. The molecule has 29 heteroatoms. The van der Waals surface area contributed by atoms with E-state index < -0.39 is 151 Å². The summed E-state index contributed by atoms with van der Waals surface area (Å²) in [6.07, 6.45) is 4.03. The van der Waals surface area contributed by atoms with Crippen LogP contribution in [-0.2, 0) is 76.8 Å². The molecule has 0 radical (unpaired) electrons. The molecule has 2 aromatic carbocycles. The maximum atomic E-state index is 14.6. The van der Waals surface area contributed by atoms with Gasteiger partial charge in [0.15, 0.2) is 0 Å². The molecule has 0 aliphatic carbocycles. The summed E-state index contributed by atoms with van der Waals surface area (Å²) in [5.41, 5.74) is 7.05. The van der Waals surface area contributed by atoms with Gasteiger partial charge in [0.1, 0.15) is 48.3 Å². The zero-order valence-electron chi connectivity index (χ0n) is 47.6. The number of hydrogen-bond donors (Lipinski definition) is 14. The van der Waals surface area contributed by atoms with Crippen LogP contribution in [0.25, 0.3) is 0 Å². The molecule has 84 heavy (non-hydrogen) atoms. The van der Waals surface area contributed by atoms with E-state index in [-0.39, 0.29) is 50.1 Å². The molecule has 0 aliphatic rings. The van der Waals surface area contributed by atoms with Crippen LogP contribution in [-0.4, -0.2) is 181 Å². The van der Waals surface area contributed by atoms with Crippen LogP contribution in [0.1, 0.15) is 76.6 Å². The number of carbonyl (C=O) groups is 12. The lowest BCUT2D eigenvalue weighted by Crippen LogP contribution is -2.61. The molecule has 460 valence electrons. The summed E-state index contributed by atoms with van der Waals surface area (Å²) in [7, 11) is 0. The van der Waals surface area contributed by atoms with Crippen LogP contribution in [0.15, 0.2) is 73.2 Å². The van der Waals surface area contributed by atoms with Gasteiger partial charge in [-0.1, -0.05) is 88.4 Å². The van der Waals surface area contributed by atoms with E-state index in [1.807, 2.05) is 0 Å².